The van der Waals surface area contributed by atoms with E-state index in [0.29, 0.717) is 18.6 Å². The lowest BCUT2D eigenvalue weighted by Gasteiger charge is -2.03. The monoisotopic (exact) mass is 353 g/mol. The summed E-state index contributed by atoms with van der Waals surface area (Å²) < 4.78 is 0.941. The Bertz CT molecular complexity index is 406. The Morgan fingerprint density at radius 3 is 2.24 bits per heavy atom. The molecule has 21 heavy (non-hydrogen) atoms. The van der Waals surface area contributed by atoms with Gasteiger partial charge in [-0.15, -0.1) is 0 Å². The van der Waals surface area contributed by atoms with Crippen LogP contribution in [0.15, 0.2) is 22.9 Å². The second-order valence-electron chi connectivity index (χ2n) is 5.81. The van der Waals surface area contributed by atoms with E-state index in [1.165, 1.54) is 51.4 Å². The van der Waals surface area contributed by atoms with Gasteiger partial charge in [0, 0.05) is 29.7 Å². The highest BCUT2D eigenvalue weighted by molar-refractivity contribution is 9.10. The highest BCUT2D eigenvalue weighted by atomic mass is 79.9. The molecule has 0 bridgehead atoms. The first-order chi connectivity index (χ1) is 10.2. The summed E-state index contributed by atoms with van der Waals surface area (Å²) in [6.45, 7) is 2.25. The molecule has 0 amide bonds. The Hall–Kier alpha value is -0.700. The molecule has 1 rings (SSSR count). The molecule has 0 radical (unpaired) electrons. The van der Waals surface area contributed by atoms with Crippen LogP contribution in [-0.2, 0) is 11.2 Å². The zero-order valence-electron chi connectivity index (χ0n) is 13.2. The van der Waals surface area contributed by atoms with Crippen molar-refractivity contribution in [3.63, 3.8) is 0 Å². The third kappa shape index (κ3) is 9.78. The van der Waals surface area contributed by atoms with E-state index in [1.54, 1.807) is 12.4 Å². The molecule has 0 aliphatic heterocycles. The van der Waals surface area contributed by atoms with Gasteiger partial charge in [-0.3, -0.25) is 9.78 Å². The van der Waals surface area contributed by atoms with Crippen LogP contribution in [0.2, 0.25) is 0 Å². The molecule has 1 heterocycles. The van der Waals surface area contributed by atoms with Crippen LogP contribution in [-0.4, -0.2) is 10.8 Å². The molecule has 2 nitrogen and oxygen atoms in total. The minimum Gasteiger partial charge on any atom is -0.299 e. The lowest BCUT2D eigenvalue weighted by Crippen LogP contribution is -2.02. The Labute approximate surface area is 137 Å². The summed E-state index contributed by atoms with van der Waals surface area (Å²) in [6, 6.07) is 1.97. The fourth-order valence-corrected chi connectivity index (χ4v) is 2.91. The van der Waals surface area contributed by atoms with Crippen LogP contribution >= 0.6 is 15.9 Å². The summed E-state index contributed by atoms with van der Waals surface area (Å²) in [5.41, 5.74) is 1.00. The summed E-state index contributed by atoms with van der Waals surface area (Å²) in [7, 11) is 0. The van der Waals surface area contributed by atoms with E-state index in [9.17, 15) is 4.79 Å². The molecule has 0 N–H and O–H groups in total. The molecule has 0 fully saturated rings. The highest BCUT2D eigenvalue weighted by Crippen LogP contribution is 2.13. The number of ketones is 1. The molecule has 0 saturated carbocycles. The van der Waals surface area contributed by atoms with Crippen LogP contribution in [0.4, 0.5) is 0 Å². The molecular weight excluding hydrogens is 326 g/mol. The number of hydrogen-bond donors (Lipinski definition) is 0. The van der Waals surface area contributed by atoms with Crippen LogP contribution in [0.25, 0.3) is 0 Å². The Balaban J connectivity index is 1.99. The van der Waals surface area contributed by atoms with Crippen molar-refractivity contribution >= 4 is 21.7 Å². The largest absolute Gasteiger partial charge is 0.299 e. The predicted octanol–water partition coefficient (Wildman–Crippen LogP) is 5.88. The van der Waals surface area contributed by atoms with Crippen molar-refractivity contribution in [3.05, 3.63) is 28.5 Å². The van der Waals surface area contributed by atoms with Crippen LogP contribution in [0, 0.1) is 0 Å². The fraction of sp³-hybridized carbons (Fsp3) is 0.667. The molecule has 0 unspecified atom stereocenters. The quantitative estimate of drug-likeness (QED) is 0.439. The van der Waals surface area contributed by atoms with Crippen LogP contribution in [0.5, 0.6) is 0 Å². The van der Waals surface area contributed by atoms with E-state index in [4.69, 9.17) is 0 Å². The summed E-state index contributed by atoms with van der Waals surface area (Å²) in [5, 5.41) is 0. The fourth-order valence-electron chi connectivity index (χ4n) is 2.50. The molecule has 1 aromatic rings. The Morgan fingerprint density at radius 2 is 1.62 bits per heavy atom. The Morgan fingerprint density at radius 1 is 1.00 bits per heavy atom. The number of hydrogen-bond acceptors (Lipinski definition) is 2. The maximum Gasteiger partial charge on any atom is 0.137 e. The topological polar surface area (TPSA) is 30.0 Å². The summed E-state index contributed by atoms with van der Waals surface area (Å²) >= 11 is 3.38. The molecule has 118 valence electrons. The first-order valence-corrected chi connectivity index (χ1v) is 9.12. The van der Waals surface area contributed by atoms with Crippen molar-refractivity contribution in [2.75, 3.05) is 0 Å². The normalized spacial score (nSPS) is 10.8. The van der Waals surface area contributed by atoms with Gasteiger partial charge in [0.15, 0.2) is 0 Å². The number of rotatable bonds is 12. The average Bonchev–Trinajstić information content (AvgIpc) is 2.45. The summed E-state index contributed by atoms with van der Waals surface area (Å²) in [4.78, 5) is 16.0. The molecule has 1 aromatic heterocycles. The van der Waals surface area contributed by atoms with Gasteiger partial charge in [-0.25, -0.2) is 0 Å². The predicted molar refractivity (Wildman–Crippen MR) is 92.5 cm³/mol. The SMILES string of the molecule is CCCCCCCCCCCC(=O)Cc1cncc(Br)c1. The van der Waals surface area contributed by atoms with Gasteiger partial charge in [-0.1, -0.05) is 58.3 Å². The number of aromatic nitrogens is 1. The summed E-state index contributed by atoms with van der Waals surface area (Å²) in [5.74, 6) is 0.331. The first kappa shape index (κ1) is 18.3. The second-order valence-corrected chi connectivity index (χ2v) is 6.72. The van der Waals surface area contributed by atoms with Gasteiger partial charge in [-0.2, -0.15) is 0 Å². The van der Waals surface area contributed by atoms with E-state index in [2.05, 4.69) is 27.8 Å². The molecule has 0 spiro atoms. The molecule has 3 heteroatoms. The molecule has 0 aliphatic carbocycles. The number of halogens is 1. The van der Waals surface area contributed by atoms with Gasteiger partial charge in [0.25, 0.3) is 0 Å². The smallest absolute Gasteiger partial charge is 0.137 e. The van der Waals surface area contributed by atoms with E-state index >= 15 is 0 Å². The zero-order chi connectivity index (χ0) is 15.3. The summed E-state index contributed by atoms with van der Waals surface area (Å²) in [6.07, 6.45) is 16.4. The minimum atomic E-state index is 0.331. The molecule has 0 atom stereocenters. The van der Waals surface area contributed by atoms with Gasteiger partial charge < -0.3 is 0 Å². The van der Waals surface area contributed by atoms with E-state index in [0.717, 1.165) is 16.5 Å². The molecular formula is C18H28BrNO. The third-order valence-corrected chi connectivity index (χ3v) is 4.16. The number of unbranched alkanes of at least 4 members (excludes halogenated alkanes) is 8. The molecule has 0 saturated heterocycles. The van der Waals surface area contributed by atoms with Gasteiger partial charge in [0.1, 0.15) is 5.78 Å². The van der Waals surface area contributed by atoms with Gasteiger partial charge in [0.05, 0.1) is 0 Å². The van der Waals surface area contributed by atoms with Crippen molar-refractivity contribution in [1.29, 1.82) is 0 Å². The van der Waals surface area contributed by atoms with Crippen molar-refractivity contribution in [2.45, 2.75) is 77.6 Å². The van der Waals surface area contributed by atoms with Crippen molar-refractivity contribution in [2.24, 2.45) is 0 Å². The number of Topliss-reactive ketones (excluding diaryl/α,β-unsaturated/α-hetero) is 1. The van der Waals surface area contributed by atoms with Crippen molar-refractivity contribution in [1.82, 2.24) is 4.98 Å². The van der Waals surface area contributed by atoms with Crippen molar-refractivity contribution in [3.8, 4) is 0 Å². The minimum absolute atomic E-state index is 0.331. The first-order valence-electron chi connectivity index (χ1n) is 8.33. The van der Waals surface area contributed by atoms with E-state index in [1.807, 2.05) is 6.07 Å². The highest BCUT2D eigenvalue weighted by Gasteiger charge is 2.04. The van der Waals surface area contributed by atoms with Gasteiger partial charge in [0.2, 0.25) is 0 Å². The van der Waals surface area contributed by atoms with E-state index in [-0.39, 0.29) is 0 Å². The zero-order valence-corrected chi connectivity index (χ0v) is 14.8. The van der Waals surface area contributed by atoms with Gasteiger partial charge >= 0.3 is 0 Å². The second kappa shape index (κ2) is 11.9. The lowest BCUT2D eigenvalue weighted by molar-refractivity contribution is -0.118. The van der Waals surface area contributed by atoms with Crippen LogP contribution < -0.4 is 0 Å². The maximum absolute atomic E-state index is 11.9. The van der Waals surface area contributed by atoms with Gasteiger partial charge in [-0.05, 0) is 34.0 Å². The number of carbonyl (C=O) groups is 1. The van der Waals surface area contributed by atoms with Crippen molar-refractivity contribution < 1.29 is 4.79 Å². The lowest BCUT2D eigenvalue weighted by atomic mass is 10.0. The van der Waals surface area contributed by atoms with Crippen LogP contribution in [0.3, 0.4) is 0 Å². The average molecular weight is 354 g/mol. The number of nitrogens with zero attached hydrogens (tertiary/aromatic N) is 1. The van der Waals surface area contributed by atoms with E-state index < -0.39 is 0 Å². The standard InChI is InChI=1S/C18H28BrNO/c1-2-3-4-5-6-7-8-9-10-11-18(21)13-16-12-17(19)15-20-14-16/h12,14-15H,2-11,13H2,1H3. The molecule has 0 aliphatic rings. The number of carbonyl (C=O) groups excluding carboxylic acids is 1. The molecule has 0 aromatic carbocycles. The maximum atomic E-state index is 11.9. The third-order valence-electron chi connectivity index (χ3n) is 3.72. The Kier molecular flexibility index (Phi) is 10.4. The number of pyridine rings is 1. The van der Waals surface area contributed by atoms with Crippen LogP contribution in [0.1, 0.15) is 76.7 Å².